The SMILES string of the molecule is CC(=O)Nc1ccn([C@]2(C(=O)OCc3ccccc3)O[C@H](CO)[C@@H](O)[C@H]2O)c(=O)n1. The first-order valence-electron chi connectivity index (χ1n) is 9.03. The van der Waals surface area contributed by atoms with Crippen LogP contribution in [0.1, 0.15) is 12.5 Å². The molecule has 0 radical (unpaired) electrons. The predicted octanol–water partition coefficient (Wildman–Crippen LogP) is -1.29. The number of rotatable bonds is 6. The second-order valence-corrected chi connectivity index (χ2v) is 6.68. The van der Waals surface area contributed by atoms with E-state index in [2.05, 4.69) is 10.3 Å². The van der Waals surface area contributed by atoms with E-state index in [1.165, 1.54) is 13.0 Å². The number of ether oxygens (including phenoxy) is 2. The first-order valence-corrected chi connectivity index (χ1v) is 9.03. The van der Waals surface area contributed by atoms with Crippen molar-refractivity contribution in [2.45, 2.75) is 37.6 Å². The first-order chi connectivity index (χ1) is 14.3. The standard InChI is InChI=1S/C19H21N3O8/c1-11(24)20-14-7-8-22(18(28)21-14)19(16(26)15(25)13(9-23)30-19)17(27)29-10-12-5-3-2-4-6-12/h2-8,13,15-16,23,25-26H,9-10H2,1H3,(H,20,21,24,28)/t13-,15-,16-,19+/m1/s1. The van der Waals surface area contributed by atoms with Gasteiger partial charge in [-0.3, -0.25) is 9.36 Å². The van der Waals surface area contributed by atoms with Crippen molar-refractivity contribution >= 4 is 17.7 Å². The molecule has 11 nitrogen and oxygen atoms in total. The summed E-state index contributed by atoms with van der Waals surface area (Å²) in [5.74, 6) is -1.71. The highest BCUT2D eigenvalue weighted by molar-refractivity contribution is 5.87. The van der Waals surface area contributed by atoms with E-state index < -0.39 is 48.2 Å². The van der Waals surface area contributed by atoms with E-state index in [9.17, 15) is 29.7 Å². The van der Waals surface area contributed by atoms with Crippen LogP contribution in [0.4, 0.5) is 5.82 Å². The molecule has 4 N–H and O–H groups in total. The number of benzene rings is 1. The summed E-state index contributed by atoms with van der Waals surface area (Å²) in [6.07, 6.45) is -3.91. The van der Waals surface area contributed by atoms with E-state index >= 15 is 0 Å². The minimum Gasteiger partial charge on any atom is -0.457 e. The fraction of sp³-hybridized carbons (Fsp3) is 0.368. The van der Waals surface area contributed by atoms with Crippen molar-refractivity contribution in [3.05, 3.63) is 58.6 Å². The number of hydrogen-bond donors (Lipinski definition) is 4. The smallest absolute Gasteiger partial charge is 0.363 e. The molecular formula is C19H21N3O8. The van der Waals surface area contributed by atoms with Gasteiger partial charge in [0.15, 0.2) is 0 Å². The Morgan fingerprint density at radius 3 is 2.53 bits per heavy atom. The normalized spacial score (nSPS) is 25.7. The van der Waals surface area contributed by atoms with Crippen molar-refractivity contribution in [2.75, 3.05) is 11.9 Å². The van der Waals surface area contributed by atoms with E-state index in [-0.39, 0.29) is 12.4 Å². The third-order valence-electron chi connectivity index (χ3n) is 4.59. The largest absolute Gasteiger partial charge is 0.457 e. The third-order valence-corrected chi connectivity index (χ3v) is 4.59. The van der Waals surface area contributed by atoms with Crippen LogP contribution in [0, 0.1) is 0 Å². The Balaban J connectivity index is 2.00. The van der Waals surface area contributed by atoms with Gasteiger partial charge < -0.3 is 30.1 Å². The highest BCUT2D eigenvalue weighted by atomic mass is 16.6. The molecule has 0 aliphatic carbocycles. The van der Waals surface area contributed by atoms with E-state index in [1.807, 2.05) is 0 Å². The van der Waals surface area contributed by atoms with Crippen LogP contribution in [-0.4, -0.2) is 61.7 Å². The summed E-state index contributed by atoms with van der Waals surface area (Å²) in [5.41, 5.74) is -2.90. The maximum absolute atomic E-state index is 13.0. The van der Waals surface area contributed by atoms with Gasteiger partial charge in [0.25, 0.3) is 5.72 Å². The van der Waals surface area contributed by atoms with E-state index in [4.69, 9.17) is 9.47 Å². The van der Waals surface area contributed by atoms with Gasteiger partial charge in [0.2, 0.25) is 5.91 Å². The molecule has 30 heavy (non-hydrogen) atoms. The molecule has 1 aromatic carbocycles. The lowest BCUT2D eigenvalue weighted by molar-refractivity contribution is -0.203. The summed E-state index contributed by atoms with van der Waals surface area (Å²) in [5, 5.41) is 32.6. The number of carbonyl (C=O) groups excluding carboxylic acids is 2. The van der Waals surface area contributed by atoms with Gasteiger partial charge in [0.1, 0.15) is 30.7 Å². The van der Waals surface area contributed by atoms with E-state index in [0.717, 1.165) is 6.20 Å². The van der Waals surface area contributed by atoms with Gasteiger partial charge in [-0.1, -0.05) is 30.3 Å². The molecule has 0 unspecified atom stereocenters. The molecule has 0 bridgehead atoms. The van der Waals surface area contributed by atoms with Gasteiger partial charge in [-0.2, -0.15) is 4.98 Å². The van der Waals surface area contributed by atoms with Crippen LogP contribution in [0.25, 0.3) is 0 Å². The number of aliphatic hydroxyl groups is 3. The highest BCUT2D eigenvalue weighted by Gasteiger charge is 2.62. The molecule has 1 aliphatic rings. The maximum Gasteiger partial charge on any atom is 0.363 e. The number of anilines is 1. The Labute approximate surface area is 170 Å². The monoisotopic (exact) mass is 419 g/mol. The molecule has 0 saturated carbocycles. The van der Waals surface area contributed by atoms with Crippen molar-refractivity contribution in [1.82, 2.24) is 9.55 Å². The van der Waals surface area contributed by atoms with Crippen molar-refractivity contribution in [3.8, 4) is 0 Å². The molecule has 1 aromatic heterocycles. The molecule has 1 fully saturated rings. The van der Waals surface area contributed by atoms with E-state index in [1.54, 1.807) is 30.3 Å². The number of amides is 1. The summed E-state index contributed by atoms with van der Waals surface area (Å²) < 4.78 is 11.4. The van der Waals surface area contributed by atoms with Crippen LogP contribution >= 0.6 is 0 Å². The molecular weight excluding hydrogens is 398 g/mol. The average Bonchev–Trinajstić information content (AvgIpc) is 2.98. The lowest BCUT2D eigenvalue weighted by atomic mass is 10.0. The minimum absolute atomic E-state index is 0.0803. The zero-order valence-electron chi connectivity index (χ0n) is 16.0. The third kappa shape index (κ3) is 3.96. The van der Waals surface area contributed by atoms with Gasteiger partial charge >= 0.3 is 11.7 Å². The van der Waals surface area contributed by atoms with Gasteiger partial charge in [0.05, 0.1) is 6.61 Å². The fourth-order valence-corrected chi connectivity index (χ4v) is 3.15. The Kier molecular flexibility index (Phi) is 6.27. The van der Waals surface area contributed by atoms with Gasteiger partial charge in [-0.15, -0.1) is 0 Å². The molecule has 4 atom stereocenters. The van der Waals surface area contributed by atoms with Crippen LogP contribution in [0.15, 0.2) is 47.4 Å². The second kappa shape index (κ2) is 8.71. The molecule has 0 spiro atoms. The predicted molar refractivity (Wildman–Crippen MR) is 101 cm³/mol. The number of hydrogen-bond acceptors (Lipinski definition) is 9. The van der Waals surface area contributed by atoms with E-state index in [0.29, 0.717) is 10.1 Å². The molecule has 2 heterocycles. The van der Waals surface area contributed by atoms with Crippen molar-refractivity contribution < 1.29 is 34.4 Å². The van der Waals surface area contributed by atoms with Crippen LogP contribution in [0.3, 0.4) is 0 Å². The fourth-order valence-electron chi connectivity index (χ4n) is 3.15. The van der Waals surface area contributed by atoms with Gasteiger partial charge in [0, 0.05) is 13.1 Å². The van der Waals surface area contributed by atoms with Gasteiger partial charge in [-0.05, 0) is 11.6 Å². The lowest BCUT2D eigenvalue weighted by Crippen LogP contribution is -2.56. The number of aliphatic hydroxyl groups excluding tert-OH is 3. The molecule has 160 valence electrons. The Morgan fingerprint density at radius 2 is 1.97 bits per heavy atom. The van der Waals surface area contributed by atoms with Crippen molar-refractivity contribution in [1.29, 1.82) is 0 Å². The summed E-state index contributed by atoms with van der Waals surface area (Å²) in [7, 11) is 0. The Hall–Kier alpha value is -3.12. The Bertz CT molecular complexity index is 979. The second-order valence-electron chi connectivity index (χ2n) is 6.68. The summed E-state index contributed by atoms with van der Waals surface area (Å²) >= 11 is 0. The number of carbonyl (C=O) groups is 2. The summed E-state index contributed by atoms with van der Waals surface area (Å²) in [6, 6.07) is 9.87. The number of aromatic nitrogens is 2. The molecule has 2 aromatic rings. The quantitative estimate of drug-likeness (QED) is 0.418. The zero-order valence-corrected chi connectivity index (χ0v) is 16.0. The van der Waals surface area contributed by atoms with Crippen LogP contribution in [-0.2, 0) is 31.4 Å². The molecule has 1 amide bonds. The number of nitrogens with zero attached hydrogens (tertiary/aromatic N) is 2. The molecule has 3 rings (SSSR count). The topological polar surface area (TPSA) is 160 Å². The van der Waals surface area contributed by atoms with Crippen LogP contribution < -0.4 is 11.0 Å². The lowest BCUT2D eigenvalue weighted by Gasteiger charge is -2.31. The average molecular weight is 419 g/mol. The summed E-state index contributed by atoms with van der Waals surface area (Å²) in [4.78, 5) is 40.4. The number of nitrogens with one attached hydrogen (secondary N) is 1. The first kappa shape index (κ1) is 21.6. The highest BCUT2D eigenvalue weighted by Crippen LogP contribution is 2.36. The molecule has 11 heteroatoms. The van der Waals surface area contributed by atoms with Crippen LogP contribution in [0.2, 0.25) is 0 Å². The summed E-state index contributed by atoms with van der Waals surface area (Å²) in [6.45, 7) is 0.309. The zero-order chi connectivity index (χ0) is 21.9. The van der Waals surface area contributed by atoms with Crippen LogP contribution in [0.5, 0.6) is 0 Å². The number of esters is 1. The van der Waals surface area contributed by atoms with Crippen molar-refractivity contribution in [3.63, 3.8) is 0 Å². The Morgan fingerprint density at radius 1 is 1.27 bits per heavy atom. The maximum atomic E-state index is 13.0. The van der Waals surface area contributed by atoms with Crippen molar-refractivity contribution in [2.24, 2.45) is 0 Å². The van der Waals surface area contributed by atoms with Gasteiger partial charge in [-0.25, -0.2) is 9.59 Å². The minimum atomic E-state index is -2.49. The molecule has 1 saturated heterocycles. The molecule has 1 aliphatic heterocycles.